The van der Waals surface area contributed by atoms with Gasteiger partial charge in [-0.05, 0) is 18.9 Å². The van der Waals surface area contributed by atoms with Gasteiger partial charge in [0.15, 0.2) is 0 Å². The first-order valence-corrected chi connectivity index (χ1v) is 8.65. The first-order chi connectivity index (χ1) is 8.46. The fraction of sp³-hybridized carbons (Fsp3) is 0.600. The fourth-order valence-electron chi connectivity index (χ4n) is 2.15. The number of nitrogens with zero attached hydrogens (tertiary/aromatic N) is 1. The van der Waals surface area contributed by atoms with Crippen LogP contribution in [0.3, 0.4) is 0 Å². The Morgan fingerprint density at radius 1 is 1.42 bits per heavy atom. The van der Waals surface area contributed by atoms with Crippen molar-refractivity contribution in [3.8, 4) is 0 Å². The molecule has 2 rings (SSSR count). The van der Waals surface area contributed by atoms with E-state index in [9.17, 15) is 8.42 Å². The lowest BCUT2D eigenvalue weighted by atomic mass is 10.1. The average molecular weight is 366 g/mol. The summed E-state index contributed by atoms with van der Waals surface area (Å²) >= 11 is 12.8. The highest BCUT2D eigenvalue weighted by Gasteiger charge is 2.34. The number of rotatable bonds is 3. The van der Waals surface area contributed by atoms with Crippen molar-refractivity contribution >= 4 is 57.0 Å². The zero-order valence-electron chi connectivity index (χ0n) is 10.0. The van der Waals surface area contributed by atoms with E-state index < -0.39 is 10.0 Å². The molecule has 0 bridgehead atoms. The van der Waals surface area contributed by atoms with Crippen LogP contribution in [-0.4, -0.2) is 31.9 Å². The van der Waals surface area contributed by atoms with Crippen LogP contribution in [0, 0.1) is 0 Å². The van der Waals surface area contributed by atoms with Gasteiger partial charge in [-0.25, -0.2) is 8.42 Å². The number of halogens is 3. The summed E-state index contributed by atoms with van der Waals surface area (Å²) in [6.45, 7) is 0.822. The van der Waals surface area contributed by atoms with Gasteiger partial charge < -0.3 is 5.73 Å². The lowest BCUT2D eigenvalue weighted by Gasteiger charge is -2.33. The molecule has 1 aliphatic heterocycles. The van der Waals surface area contributed by atoms with Gasteiger partial charge in [0, 0.05) is 19.1 Å². The molecular weight excluding hydrogens is 351 g/mol. The Morgan fingerprint density at radius 2 is 2.11 bits per heavy atom. The summed E-state index contributed by atoms with van der Waals surface area (Å²) in [7, 11) is -3.59. The highest BCUT2D eigenvalue weighted by molar-refractivity contribution is 7.89. The normalized spacial score (nSPS) is 21.1. The molecule has 0 aliphatic carbocycles. The number of sulfonamides is 1. The maximum absolute atomic E-state index is 12.5. The average Bonchev–Trinajstić information content (AvgIpc) is 2.69. The molecule has 19 heavy (non-hydrogen) atoms. The monoisotopic (exact) mass is 364 g/mol. The van der Waals surface area contributed by atoms with Gasteiger partial charge in [0.05, 0.1) is 4.34 Å². The van der Waals surface area contributed by atoms with Gasteiger partial charge in [-0.15, -0.1) is 23.7 Å². The van der Waals surface area contributed by atoms with Crippen molar-refractivity contribution < 1.29 is 8.42 Å². The van der Waals surface area contributed by atoms with E-state index in [1.807, 2.05) is 0 Å². The molecule has 1 atom stereocenters. The van der Waals surface area contributed by atoms with Crippen molar-refractivity contribution in [2.75, 3.05) is 13.1 Å². The molecule has 1 saturated heterocycles. The fourth-order valence-corrected chi connectivity index (χ4v) is 5.97. The van der Waals surface area contributed by atoms with Crippen molar-refractivity contribution in [3.05, 3.63) is 14.7 Å². The first-order valence-electron chi connectivity index (χ1n) is 5.63. The zero-order chi connectivity index (χ0) is 13.3. The minimum atomic E-state index is -3.59. The SMILES string of the molecule is Cl.NCC1CCCCN1S(=O)(=O)c1cc(Cl)sc1Cl. The Bertz CT molecular complexity index is 533. The van der Waals surface area contributed by atoms with Gasteiger partial charge in [0.1, 0.15) is 9.23 Å². The van der Waals surface area contributed by atoms with Crippen LogP contribution in [0.1, 0.15) is 19.3 Å². The van der Waals surface area contributed by atoms with Crippen LogP contribution in [0.2, 0.25) is 8.67 Å². The smallest absolute Gasteiger partial charge is 0.245 e. The standard InChI is InChI=1S/C10H14Cl2N2O2S2.ClH/c11-9-5-8(10(12)17-9)18(15,16)14-4-2-1-3-7(14)6-13;/h5,7H,1-4,6,13H2;1H. The molecule has 2 N–H and O–H groups in total. The van der Waals surface area contributed by atoms with Gasteiger partial charge in [-0.1, -0.05) is 29.6 Å². The molecule has 0 saturated carbocycles. The van der Waals surface area contributed by atoms with Gasteiger partial charge in [-0.3, -0.25) is 0 Å². The Labute approximate surface area is 133 Å². The zero-order valence-corrected chi connectivity index (χ0v) is 14.0. The van der Waals surface area contributed by atoms with Gasteiger partial charge in [0.2, 0.25) is 10.0 Å². The molecule has 2 heterocycles. The third-order valence-electron chi connectivity index (χ3n) is 3.06. The molecule has 110 valence electrons. The van der Waals surface area contributed by atoms with Crippen LogP contribution in [0.5, 0.6) is 0 Å². The molecule has 0 spiro atoms. The first kappa shape index (κ1) is 17.5. The lowest BCUT2D eigenvalue weighted by molar-refractivity contribution is 0.257. The number of hydrogen-bond acceptors (Lipinski definition) is 4. The summed E-state index contributed by atoms with van der Waals surface area (Å²) in [5.41, 5.74) is 5.65. The number of nitrogens with two attached hydrogens (primary N) is 1. The summed E-state index contributed by atoms with van der Waals surface area (Å²) < 4.78 is 27.1. The predicted octanol–water partition coefficient (Wildman–Crippen LogP) is 2.98. The Balaban J connectivity index is 0.00000180. The van der Waals surface area contributed by atoms with Crippen molar-refractivity contribution in [1.82, 2.24) is 4.31 Å². The summed E-state index contributed by atoms with van der Waals surface area (Å²) in [6.07, 6.45) is 2.66. The van der Waals surface area contributed by atoms with E-state index in [1.165, 1.54) is 10.4 Å². The molecule has 0 amide bonds. The molecule has 1 aromatic heterocycles. The highest BCUT2D eigenvalue weighted by Crippen LogP contribution is 2.37. The van der Waals surface area contributed by atoms with E-state index in [0.717, 1.165) is 30.6 Å². The topological polar surface area (TPSA) is 63.4 Å². The number of thiophene rings is 1. The van der Waals surface area contributed by atoms with Crippen LogP contribution in [0.15, 0.2) is 11.0 Å². The van der Waals surface area contributed by atoms with Crippen LogP contribution < -0.4 is 5.73 Å². The molecule has 1 aromatic rings. The minimum Gasteiger partial charge on any atom is -0.329 e. The van der Waals surface area contributed by atoms with E-state index >= 15 is 0 Å². The third-order valence-corrected chi connectivity index (χ3v) is 6.76. The minimum absolute atomic E-state index is 0. The Hall–Kier alpha value is 0.440. The van der Waals surface area contributed by atoms with Crippen molar-refractivity contribution in [1.29, 1.82) is 0 Å². The quantitative estimate of drug-likeness (QED) is 0.895. The van der Waals surface area contributed by atoms with Gasteiger partial charge in [0.25, 0.3) is 0 Å². The summed E-state index contributed by atoms with van der Waals surface area (Å²) in [5, 5.41) is 0. The van der Waals surface area contributed by atoms with E-state index in [-0.39, 0.29) is 27.7 Å². The second-order valence-corrected chi connectivity index (χ2v) is 8.33. The largest absolute Gasteiger partial charge is 0.329 e. The molecule has 1 unspecified atom stereocenters. The molecule has 1 fully saturated rings. The number of hydrogen-bond donors (Lipinski definition) is 1. The van der Waals surface area contributed by atoms with E-state index in [2.05, 4.69) is 0 Å². The Morgan fingerprint density at radius 3 is 2.63 bits per heavy atom. The van der Waals surface area contributed by atoms with Crippen molar-refractivity contribution in [2.24, 2.45) is 5.73 Å². The molecule has 9 heteroatoms. The van der Waals surface area contributed by atoms with Crippen LogP contribution in [0.25, 0.3) is 0 Å². The van der Waals surface area contributed by atoms with E-state index in [0.29, 0.717) is 17.4 Å². The molecule has 0 radical (unpaired) electrons. The van der Waals surface area contributed by atoms with Crippen molar-refractivity contribution in [2.45, 2.75) is 30.2 Å². The highest BCUT2D eigenvalue weighted by atomic mass is 35.5. The molecule has 4 nitrogen and oxygen atoms in total. The van der Waals surface area contributed by atoms with Crippen LogP contribution in [-0.2, 0) is 10.0 Å². The number of piperidine rings is 1. The Kier molecular flexibility index (Phi) is 6.38. The maximum Gasteiger partial charge on any atom is 0.245 e. The van der Waals surface area contributed by atoms with E-state index in [4.69, 9.17) is 28.9 Å². The second kappa shape index (κ2) is 6.93. The predicted molar refractivity (Wildman–Crippen MR) is 82.2 cm³/mol. The van der Waals surface area contributed by atoms with Gasteiger partial charge >= 0.3 is 0 Å². The van der Waals surface area contributed by atoms with Gasteiger partial charge in [-0.2, -0.15) is 4.31 Å². The second-order valence-electron chi connectivity index (χ2n) is 4.19. The molecule has 1 aliphatic rings. The third kappa shape index (κ3) is 3.56. The maximum atomic E-state index is 12.5. The van der Waals surface area contributed by atoms with Crippen LogP contribution in [0.4, 0.5) is 0 Å². The lowest BCUT2D eigenvalue weighted by Crippen LogP contribution is -2.47. The van der Waals surface area contributed by atoms with Crippen molar-refractivity contribution in [3.63, 3.8) is 0 Å². The molecular formula is C10H15Cl3N2O2S2. The summed E-state index contributed by atoms with van der Waals surface area (Å²) in [6, 6.07) is 1.27. The molecule has 0 aromatic carbocycles. The van der Waals surface area contributed by atoms with E-state index in [1.54, 1.807) is 0 Å². The summed E-state index contributed by atoms with van der Waals surface area (Å²) in [5.74, 6) is 0. The van der Waals surface area contributed by atoms with Crippen LogP contribution >= 0.6 is 46.9 Å². The summed E-state index contributed by atoms with van der Waals surface area (Å²) in [4.78, 5) is 0.0968.